The highest BCUT2D eigenvalue weighted by molar-refractivity contribution is 6.09. The first-order chi connectivity index (χ1) is 30.7. The van der Waals surface area contributed by atoms with Crippen LogP contribution in [0, 0.1) is 0 Å². The summed E-state index contributed by atoms with van der Waals surface area (Å²) in [5, 5.41) is 11.2. The maximum absolute atomic E-state index is 6.29. The Balaban J connectivity index is 0.889. The fourth-order valence-corrected chi connectivity index (χ4v) is 9.29. The number of benzene rings is 11. The molecule has 1 aromatic heterocycles. The van der Waals surface area contributed by atoms with E-state index in [2.05, 4.69) is 223 Å². The Morgan fingerprint density at radius 1 is 0.258 bits per heavy atom. The minimum Gasteiger partial charge on any atom is -0.456 e. The van der Waals surface area contributed by atoms with E-state index in [1.165, 1.54) is 59.8 Å². The lowest BCUT2D eigenvalue weighted by Gasteiger charge is -2.26. The average Bonchev–Trinajstić information content (AvgIpc) is 3.79. The Kier molecular flexibility index (Phi) is 8.53. The van der Waals surface area contributed by atoms with Gasteiger partial charge >= 0.3 is 0 Å². The van der Waals surface area contributed by atoms with Gasteiger partial charge in [-0.3, -0.25) is 0 Å². The van der Waals surface area contributed by atoms with Crippen LogP contribution in [0.5, 0.6) is 0 Å². The first kappa shape index (κ1) is 35.7. The van der Waals surface area contributed by atoms with Crippen molar-refractivity contribution in [2.45, 2.75) is 0 Å². The van der Waals surface area contributed by atoms with E-state index in [0.29, 0.717) is 0 Å². The van der Waals surface area contributed by atoms with Crippen molar-refractivity contribution in [3.05, 3.63) is 237 Å². The topological polar surface area (TPSA) is 16.4 Å². The first-order valence-electron chi connectivity index (χ1n) is 21.2. The van der Waals surface area contributed by atoms with Crippen LogP contribution in [0.3, 0.4) is 0 Å². The van der Waals surface area contributed by atoms with Crippen LogP contribution in [0.15, 0.2) is 241 Å². The summed E-state index contributed by atoms with van der Waals surface area (Å²) in [5.74, 6) is 0.878. The molecule has 0 spiro atoms. The van der Waals surface area contributed by atoms with Crippen molar-refractivity contribution < 1.29 is 4.42 Å². The molecule has 1 heterocycles. The number of anilines is 3. The van der Waals surface area contributed by atoms with Crippen LogP contribution in [0.2, 0.25) is 0 Å². The highest BCUT2D eigenvalue weighted by atomic mass is 16.3. The molecular weight excluding hydrogens is 751 g/mol. The fraction of sp³-hybridized carbons (Fsp3) is 0. The van der Waals surface area contributed by atoms with Crippen LogP contribution < -0.4 is 4.90 Å². The van der Waals surface area contributed by atoms with Crippen molar-refractivity contribution in [2.75, 3.05) is 4.90 Å². The number of fused-ring (bicyclic) bond motifs is 7. The van der Waals surface area contributed by atoms with Crippen molar-refractivity contribution in [3.63, 3.8) is 0 Å². The van der Waals surface area contributed by atoms with Gasteiger partial charge in [0.25, 0.3) is 0 Å². The largest absolute Gasteiger partial charge is 0.456 e. The maximum Gasteiger partial charge on any atom is 0.136 e. The molecular formula is C60H39NO. The van der Waals surface area contributed by atoms with E-state index in [1.54, 1.807) is 0 Å². The van der Waals surface area contributed by atoms with Gasteiger partial charge < -0.3 is 9.32 Å². The predicted octanol–water partition coefficient (Wildman–Crippen LogP) is 17.2. The quantitative estimate of drug-likeness (QED) is 0.150. The molecule has 0 unspecified atom stereocenters. The lowest BCUT2D eigenvalue weighted by molar-refractivity contribution is 0.632. The van der Waals surface area contributed by atoms with E-state index >= 15 is 0 Å². The van der Waals surface area contributed by atoms with Gasteiger partial charge in [0.1, 0.15) is 11.3 Å². The van der Waals surface area contributed by atoms with E-state index in [9.17, 15) is 0 Å². The molecule has 0 radical (unpaired) electrons. The molecule has 0 saturated heterocycles. The Morgan fingerprint density at radius 3 is 1.34 bits per heavy atom. The SMILES string of the molecule is c1ccc(-c2cc3ccccc3o2)c(-c2ccc(-c3ccc(N(c4ccc(-c5ccc6c(ccc7ccccc76)c5)cc4)c4ccc5c(ccc6ccccc65)c4)cc3)cc2)c1. The summed E-state index contributed by atoms with van der Waals surface area (Å²) in [6.07, 6.45) is 0. The zero-order chi connectivity index (χ0) is 41.0. The maximum atomic E-state index is 6.29. The second-order valence-electron chi connectivity index (χ2n) is 16.1. The first-order valence-corrected chi connectivity index (χ1v) is 21.2. The summed E-state index contributed by atoms with van der Waals surface area (Å²) in [6.45, 7) is 0. The van der Waals surface area contributed by atoms with E-state index in [-0.39, 0.29) is 0 Å². The highest BCUT2D eigenvalue weighted by Gasteiger charge is 2.16. The highest BCUT2D eigenvalue weighted by Crippen LogP contribution is 2.41. The molecule has 12 aromatic rings. The standard InChI is InChI=1S/C60H39NO/c1-4-12-53-43(9-1)21-23-47-37-46(29-35-56(47)53)42-27-32-51(33-28-42)61(52-34-36-57-48(38-52)24-22-44-10-2-5-13-54(44)57)50-30-25-41(26-31-50)40-17-19-45(20-18-40)55-14-6-7-15-58(55)60-39-49-11-3-8-16-59(49)62-60/h1-39H. The molecule has 0 N–H and O–H groups in total. The van der Waals surface area contributed by atoms with Gasteiger partial charge in [0.15, 0.2) is 0 Å². The zero-order valence-electron chi connectivity index (χ0n) is 33.9. The molecule has 0 amide bonds. The fourth-order valence-electron chi connectivity index (χ4n) is 9.29. The smallest absolute Gasteiger partial charge is 0.136 e. The third-order valence-electron chi connectivity index (χ3n) is 12.5. The summed E-state index contributed by atoms with van der Waals surface area (Å²) in [6, 6.07) is 85.5. The van der Waals surface area contributed by atoms with Crippen molar-refractivity contribution >= 4 is 71.1 Å². The molecule has 2 heteroatoms. The Labute approximate surface area is 360 Å². The average molecular weight is 790 g/mol. The van der Waals surface area contributed by atoms with Crippen LogP contribution in [0.1, 0.15) is 0 Å². The van der Waals surface area contributed by atoms with Crippen LogP contribution in [0.4, 0.5) is 17.1 Å². The number of nitrogens with zero attached hydrogens (tertiary/aromatic N) is 1. The summed E-state index contributed by atoms with van der Waals surface area (Å²) in [7, 11) is 0. The second-order valence-corrected chi connectivity index (χ2v) is 16.1. The molecule has 0 atom stereocenters. The number of hydrogen-bond donors (Lipinski definition) is 0. The molecule has 11 aromatic carbocycles. The van der Waals surface area contributed by atoms with Gasteiger partial charge in [-0.15, -0.1) is 0 Å². The number of rotatable bonds is 7. The lowest BCUT2D eigenvalue weighted by atomic mass is 9.95. The number of furan rings is 1. The van der Waals surface area contributed by atoms with Gasteiger partial charge in [-0.1, -0.05) is 182 Å². The van der Waals surface area contributed by atoms with Crippen LogP contribution in [-0.4, -0.2) is 0 Å². The molecule has 0 aliphatic carbocycles. The van der Waals surface area contributed by atoms with Crippen LogP contribution in [0.25, 0.3) is 98.8 Å². The van der Waals surface area contributed by atoms with E-state index in [1.807, 2.05) is 18.2 Å². The number of para-hydroxylation sites is 1. The van der Waals surface area contributed by atoms with Gasteiger partial charge in [-0.2, -0.15) is 0 Å². The molecule has 0 aliphatic rings. The van der Waals surface area contributed by atoms with Gasteiger partial charge in [0, 0.05) is 28.0 Å². The van der Waals surface area contributed by atoms with Gasteiger partial charge in [-0.05, 0) is 131 Å². The number of hydrogen-bond acceptors (Lipinski definition) is 2. The molecule has 0 saturated carbocycles. The third kappa shape index (κ3) is 6.29. The summed E-state index contributed by atoms with van der Waals surface area (Å²) < 4.78 is 6.29. The minimum absolute atomic E-state index is 0.878. The van der Waals surface area contributed by atoms with E-state index in [0.717, 1.165) is 56.0 Å². The molecule has 0 bridgehead atoms. The monoisotopic (exact) mass is 789 g/mol. The van der Waals surface area contributed by atoms with Crippen molar-refractivity contribution in [1.29, 1.82) is 0 Å². The van der Waals surface area contributed by atoms with Gasteiger partial charge in [0.05, 0.1) is 0 Å². The molecule has 2 nitrogen and oxygen atoms in total. The Bertz CT molecular complexity index is 3580. The lowest BCUT2D eigenvalue weighted by Crippen LogP contribution is -2.09. The molecule has 12 rings (SSSR count). The van der Waals surface area contributed by atoms with Gasteiger partial charge in [0.2, 0.25) is 0 Å². The Morgan fingerprint density at radius 2 is 0.694 bits per heavy atom. The summed E-state index contributed by atoms with van der Waals surface area (Å²) in [4.78, 5) is 2.37. The minimum atomic E-state index is 0.878. The van der Waals surface area contributed by atoms with Crippen LogP contribution >= 0.6 is 0 Å². The molecule has 0 fully saturated rings. The summed E-state index contributed by atoms with van der Waals surface area (Å²) in [5.41, 5.74) is 12.3. The molecule has 0 aliphatic heterocycles. The van der Waals surface area contributed by atoms with Crippen molar-refractivity contribution in [1.82, 2.24) is 0 Å². The van der Waals surface area contributed by atoms with Gasteiger partial charge in [-0.25, -0.2) is 0 Å². The predicted molar refractivity (Wildman–Crippen MR) is 263 cm³/mol. The van der Waals surface area contributed by atoms with Crippen molar-refractivity contribution in [3.8, 4) is 44.7 Å². The van der Waals surface area contributed by atoms with E-state index < -0.39 is 0 Å². The second kappa shape index (κ2) is 14.8. The normalized spacial score (nSPS) is 11.5. The Hall–Kier alpha value is -8.20. The molecule has 62 heavy (non-hydrogen) atoms. The third-order valence-corrected chi connectivity index (χ3v) is 12.5. The van der Waals surface area contributed by atoms with Crippen LogP contribution in [-0.2, 0) is 0 Å². The zero-order valence-corrected chi connectivity index (χ0v) is 33.9. The van der Waals surface area contributed by atoms with Crippen molar-refractivity contribution in [2.24, 2.45) is 0 Å². The molecule has 290 valence electrons. The summed E-state index contributed by atoms with van der Waals surface area (Å²) >= 11 is 0. The van der Waals surface area contributed by atoms with E-state index in [4.69, 9.17) is 4.42 Å².